The standard InChI is InChI=1S/C20H38O3/c1-2-3-4-5-6-7-8-9-10-11-12-13-14-15-20(21)19-16-22-18-23-17-19/h21H,2-18H2,1H3. The highest BCUT2D eigenvalue weighted by molar-refractivity contribution is 5.09. The van der Waals surface area contributed by atoms with Crippen molar-refractivity contribution in [1.29, 1.82) is 0 Å². The molecule has 3 heteroatoms. The fraction of sp³-hybridized carbons (Fsp3) is 0.900. The third-order valence-corrected chi connectivity index (χ3v) is 4.64. The van der Waals surface area contributed by atoms with E-state index < -0.39 is 0 Å². The molecule has 0 unspecified atom stereocenters. The molecule has 0 bridgehead atoms. The average molecular weight is 327 g/mol. The van der Waals surface area contributed by atoms with Crippen LogP contribution in [0.25, 0.3) is 0 Å². The van der Waals surface area contributed by atoms with Crippen molar-refractivity contribution in [2.75, 3.05) is 20.0 Å². The Balaban J connectivity index is 1.81. The minimum Gasteiger partial charge on any atom is -0.512 e. The Morgan fingerprint density at radius 2 is 1.17 bits per heavy atom. The van der Waals surface area contributed by atoms with Crippen LogP contribution < -0.4 is 0 Å². The summed E-state index contributed by atoms with van der Waals surface area (Å²) in [6, 6.07) is 0. The molecule has 1 N–H and O–H groups in total. The van der Waals surface area contributed by atoms with Crippen molar-refractivity contribution in [3.63, 3.8) is 0 Å². The van der Waals surface area contributed by atoms with Crippen molar-refractivity contribution in [3.8, 4) is 0 Å². The van der Waals surface area contributed by atoms with E-state index >= 15 is 0 Å². The monoisotopic (exact) mass is 326 g/mol. The Labute approximate surface area is 143 Å². The van der Waals surface area contributed by atoms with Gasteiger partial charge in [-0.25, -0.2) is 0 Å². The first-order chi connectivity index (χ1) is 11.3. The van der Waals surface area contributed by atoms with E-state index in [-0.39, 0.29) is 0 Å². The van der Waals surface area contributed by atoms with E-state index in [1.807, 2.05) is 0 Å². The van der Waals surface area contributed by atoms with E-state index in [9.17, 15) is 5.11 Å². The van der Waals surface area contributed by atoms with Crippen molar-refractivity contribution in [3.05, 3.63) is 11.3 Å². The zero-order valence-corrected chi connectivity index (χ0v) is 15.3. The molecule has 0 spiro atoms. The molecule has 0 saturated carbocycles. The fourth-order valence-corrected chi connectivity index (χ4v) is 3.08. The molecule has 0 aliphatic carbocycles. The highest BCUT2D eigenvalue weighted by Gasteiger charge is 2.10. The lowest BCUT2D eigenvalue weighted by Crippen LogP contribution is -2.17. The molecule has 0 amide bonds. The number of hydrogen-bond donors (Lipinski definition) is 1. The van der Waals surface area contributed by atoms with Crippen LogP contribution in [0.15, 0.2) is 11.3 Å². The van der Waals surface area contributed by atoms with E-state index in [1.54, 1.807) is 0 Å². The minimum atomic E-state index is 0.357. The summed E-state index contributed by atoms with van der Waals surface area (Å²) in [5.74, 6) is 0.493. The molecule has 0 radical (unpaired) electrons. The van der Waals surface area contributed by atoms with Crippen molar-refractivity contribution in [2.45, 2.75) is 96.8 Å². The number of ether oxygens (including phenoxy) is 2. The van der Waals surface area contributed by atoms with Gasteiger partial charge in [-0.1, -0.05) is 84.0 Å². The Bertz CT molecular complexity index is 291. The van der Waals surface area contributed by atoms with Crippen LogP contribution >= 0.6 is 0 Å². The third-order valence-electron chi connectivity index (χ3n) is 4.64. The van der Waals surface area contributed by atoms with Gasteiger partial charge < -0.3 is 14.6 Å². The Hall–Kier alpha value is -0.540. The molecule has 1 saturated heterocycles. The summed E-state index contributed by atoms with van der Waals surface area (Å²) in [4.78, 5) is 0. The maximum Gasteiger partial charge on any atom is 0.147 e. The van der Waals surface area contributed by atoms with E-state index in [4.69, 9.17) is 9.47 Å². The summed E-state index contributed by atoms with van der Waals surface area (Å²) in [6.45, 7) is 3.70. The Morgan fingerprint density at radius 1 is 0.739 bits per heavy atom. The molecule has 1 aliphatic rings. The van der Waals surface area contributed by atoms with Crippen molar-refractivity contribution < 1.29 is 14.6 Å². The SMILES string of the molecule is CCCCCCCCCCCCCCCC(O)=C1COCOC1. The van der Waals surface area contributed by atoms with Gasteiger partial charge in [-0.2, -0.15) is 0 Å². The zero-order valence-electron chi connectivity index (χ0n) is 15.3. The van der Waals surface area contributed by atoms with Gasteiger partial charge in [0.1, 0.15) is 6.79 Å². The zero-order chi connectivity index (χ0) is 16.6. The second-order valence-electron chi connectivity index (χ2n) is 6.86. The molecule has 1 aliphatic heterocycles. The van der Waals surface area contributed by atoms with Crippen molar-refractivity contribution in [2.24, 2.45) is 0 Å². The second kappa shape index (κ2) is 15.0. The molecular formula is C20H38O3. The molecule has 1 fully saturated rings. The molecule has 136 valence electrons. The van der Waals surface area contributed by atoms with Gasteiger partial charge in [-0.3, -0.25) is 0 Å². The first-order valence-corrected chi connectivity index (χ1v) is 9.90. The van der Waals surface area contributed by atoms with Crippen molar-refractivity contribution in [1.82, 2.24) is 0 Å². The quantitative estimate of drug-likeness (QED) is 0.301. The normalized spacial score (nSPS) is 15.1. The number of rotatable bonds is 14. The lowest BCUT2D eigenvalue weighted by Gasteiger charge is -2.17. The van der Waals surface area contributed by atoms with Crippen LogP contribution in [0.5, 0.6) is 0 Å². The van der Waals surface area contributed by atoms with Crippen LogP contribution in [0, 0.1) is 0 Å². The molecule has 3 nitrogen and oxygen atoms in total. The maximum atomic E-state index is 9.97. The van der Waals surface area contributed by atoms with Crippen LogP contribution in [0.3, 0.4) is 0 Å². The van der Waals surface area contributed by atoms with E-state index in [0.29, 0.717) is 25.8 Å². The van der Waals surface area contributed by atoms with Crippen LogP contribution in [0.1, 0.15) is 96.8 Å². The van der Waals surface area contributed by atoms with Gasteiger partial charge in [0.2, 0.25) is 0 Å². The Morgan fingerprint density at radius 3 is 1.65 bits per heavy atom. The second-order valence-corrected chi connectivity index (χ2v) is 6.86. The minimum absolute atomic E-state index is 0.357. The van der Waals surface area contributed by atoms with Gasteiger partial charge >= 0.3 is 0 Å². The summed E-state index contributed by atoms with van der Waals surface area (Å²) >= 11 is 0. The van der Waals surface area contributed by atoms with Gasteiger partial charge in [-0.05, 0) is 6.42 Å². The summed E-state index contributed by atoms with van der Waals surface area (Å²) in [5.41, 5.74) is 0.926. The van der Waals surface area contributed by atoms with E-state index in [1.165, 1.54) is 77.0 Å². The summed E-state index contributed by atoms with van der Waals surface area (Å²) in [7, 11) is 0. The first-order valence-electron chi connectivity index (χ1n) is 9.90. The number of allylic oxidation sites excluding steroid dienone is 1. The lowest BCUT2D eigenvalue weighted by atomic mass is 10.0. The van der Waals surface area contributed by atoms with Gasteiger partial charge in [0.15, 0.2) is 0 Å². The van der Waals surface area contributed by atoms with Gasteiger partial charge in [-0.15, -0.1) is 0 Å². The van der Waals surface area contributed by atoms with E-state index in [0.717, 1.165) is 18.4 Å². The topological polar surface area (TPSA) is 38.7 Å². The molecule has 0 aromatic heterocycles. The summed E-state index contributed by atoms with van der Waals surface area (Å²) < 4.78 is 10.4. The van der Waals surface area contributed by atoms with Crippen molar-refractivity contribution >= 4 is 0 Å². The number of hydrogen-bond acceptors (Lipinski definition) is 3. The fourth-order valence-electron chi connectivity index (χ4n) is 3.08. The molecular weight excluding hydrogens is 288 g/mol. The summed E-state index contributed by atoms with van der Waals surface area (Å²) in [5, 5.41) is 9.97. The van der Waals surface area contributed by atoms with Crippen LogP contribution in [-0.2, 0) is 9.47 Å². The van der Waals surface area contributed by atoms with Gasteiger partial charge in [0.25, 0.3) is 0 Å². The Kier molecular flexibility index (Phi) is 13.4. The summed E-state index contributed by atoms with van der Waals surface area (Å²) in [6.07, 6.45) is 18.4. The number of unbranched alkanes of at least 4 members (excludes halogenated alkanes) is 12. The molecule has 0 aromatic rings. The predicted molar refractivity (Wildman–Crippen MR) is 96.7 cm³/mol. The number of aliphatic hydroxyl groups is 1. The molecule has 23 heavy (non-hydrogen) atoms. The first kappa shape index (κ1) is 20.5. The highest BCUT2D eigenvalue weighted by Crippen LogP contribution is 2.16. The smallest absolute Gasteiger partial charge is 0.147 e. The molecule has 1 rings (SSSR count). The lowest BCUT2D eigenvalue weighted by molar-refractivity contribution is -0.0714. The molecule has 1 heterocycles. The predicted octanol–water partition coefficient (Wildman–Crippen LogP) is 6.28. The highest BCUT2D eigenvalue weighted by atomic mass is 16.7. The van der Waals surface area contributed by atoms with Crippen LogP contribution in [0.4, 0.5) is 0 Å². The number of aliphatic hydroxyl groups excluding tert-OH is 1. The largest absolute Gasteiger partial charge is 0.512 e. The molecule has 0 aromatic carbocycles. The maximum absolute atomic E-state index is 9.97. The molecule has 0 atom stereocenters. The van der Waals surface area contributed by atoms with Gasteiger partial charge in [0, 0.05) is 12.0 Å². The van der Waals surface area contributed by atoms with Gasteiger partial charge in [0.05, 0.1) is 19.0 Å². The van der Waals surface area contributed by atoms with Crippen LogP contribution in [0.2, 0.25) is 0 Å². The third kappa shape index (κ3) is 11.6. The van der Waals surface area contributed by atoms with Crippen LogP contribution in [-0.4, -0.2) is 25.1 Å². The van der Waals surface area contributed by atoms with E-state index in [2.05, 4.69) is 6.92 Å². The average Bonchev–Trinajstić information content (AvgIpc) is 2.59.